The van der Waals surface area contributed by atoms with Gasteiger partial charge in [0.1, 0.15) is 0 Å². The number of nitrogens with one attached hydrogen (secondary N) is 1. The number of rotatable bonds is 21. The maximum atomic E-state index is 12.7. The molecule has 0 bridgehead atoms. The summed E-state index contributed by atoms with van der Waals surface area (Å²) >= 11 is 1.71. The number of unbranched alkanes of at least 4 members (excludes halogenated alkanes) is 11. The molecular formula is C35H49BrN2O4S. The second-order valence-corrected chi connectivity index (χ2v) is 12.2. The minimum Gasteiger partial charge on any atom is -1.00 e. The van der Waals surface area contributed by atoms with Crippen LogP contribution in [0.4, 0.5) is 5.69 Å². The van der Waals surface area contributed by atoms with E-state index in [9.17, 15) is 9.59 Å². The van der Waals surface area contributed by atoms with Gasteiger partial charge < -0.3 is 31.8 Å². The van der Waals surface area contributed by atoms with Crippen LogP contribution in [-0.2, 0) is 11.3 Å². The molecule has 236 valence electrons. The topological polar surface area (TPSA) is 68.5 Å². The summed E-state index contributed by atoms with van der Waals surface area (Å²) in [6.45, 7) is 6.93. The average Bonchev–Trinajstić information content (AvgIpc) is 3.38. The van der Waals surface area contributed by atoms with Crippen LogP contribution in [0.5, 0.6) is 11.5 Å². The molecule has 0 unspecified atom stereocenters. The molecule has 0 aliphatic carbocycles. The van der Waals surface area contributed by atoms with Gasteiger partial charge in [-0.05, 0) is 44.5 Å². The van der Waals surface area contributed by atoms with E-state index >= 15 is 0 Å². The van der Waals surface area contributed by atoms with Crippen molar-refractivity contribution in [3.05, 3.63) is 70.2 Å². The first-order chi connectivity index (χ1) is 20.5. The molecule has 3 aromatic rings. The van der Waals surface area contributed by atoms with E-state index in [2.05, 4.69) is 35.4 Å². The number of aromatic nitrogens is 1. The summed E-state index contributed by atoms with van der Waals surface area (Å²) < 4.78 is 14.1. The van der Waals surface area contributed by atoms with Crippen molar-refractivity contribution in [2.75, 3.05) is 18.5 Å². The molecule has 1 amide bonds. The lowest BCUT2D eigenvalue weighted by molar-refractivity contribution is -0.683. The molecule has 0 fully saturated rings. The Morgan fingerprint density at radius 2 is 1.51 bits per heavy atom. The Morgan fingerprint density at radius 1 is 0.860 bits per heavy atom. The molecule has 0 atom stereocenters. The molecule has 0 aliphatic rings. The minimum atomic E-state index is -0.272. The fourth-order valence-corrected chi connectivity index (χ4v) is 5.63. The summed E-state index contributed by atoms with van der Waals surface area (Å²) in [4.78, 5) is 26.3. The number of carbonyl (C=O) groups excluding carboxylic acids is 2. The Balaban J connectivity index is 0.00000645. The molecule has 8 heteroatoms. The monoisotopic (exact) mass is 672 g/mol. The number of Topliss-reactive ketones (excluding diaryl/α,β-unsaturated/α-hetero) is 1. The third-order valence-corrected chi connectivity index (χ3v) is 8.11. The Bertz CT molecular complexity index is 1250. The molecule has 0 radical (unpaired) electrons. The highest BCUT2D eigenvalue weighted by atomic mass is 79.9. The maximum absolute atomic E-state index is 12.7. The van der Waals surface area contributed by atoms with Gasteiger partial charge in [-0.3, -0.25) is 9.59 Å². The van der Waals surface area contributed by atoms with E-state index in [-0.39, 0.29) is 35.3 Å². The van der Waals surface area contributed by atoms with Crippen LogP contribution in [0.25, 0.3) is 0 Å². The molecule has 1 heterocycles. The van der Waals surface area contributed by atoms with Crippen molar-refractivity contribution in [2.24, 2.45) is 0 Å². The molecule has 0 spiro atoms. The van der Waals surface area contributed by atoms with E-state index in [4.69, 9.17) is 9.47 Å². The normalized spacial score (nSPS) is 10.7. The van der Waals surface area contributed by atoms with Gasteiger partial charge in [-0.2, -0.15) is 4.57 Å². The van der Waals surface area contributed by atoms with E-state index in [0.717, 1.165) is 30.6 Å². The number of benzene rings is 2. The maximum Gasteiger partial charge on any atom is 0.262 e. The summed E-state index contributed by atoms with van der Waals surface area (Å²) in [5, 5.41) is 2.92. The molecule has 3 rings (SSSR count). The smallest absolute Gasteiger partial charge is 0.262 e. The number of hydrogen-bond acceptors (Lipinski definition) is 5. The number of ether oxygens (including phenoxy) is 2. The lowest BCUT2D eigenvalue weighted by Crippen LogP contribution is -3.00. The number of thiazole rings is 1. The molecule has 1 N–H and O–H groups in total. The molecule has 2 aromatic carbocycles. The largest absolute Gasteiger partial charge is 1.00 e. The standard InChI is InChI=1S/C35H48N2O4S.BrH/c1-4-5-6-7-8-9-10-11-12-13-14-15-22-40-35-32(29(3)38)20-17-21-33(35)41-26-34(39)36-31-19-16-18-30(23-31)25-37-24-28(2)42-27-37;/h16-21,23-24,27H,4-15,22,25-26H2,1-3H3;1H. The van der Waals surface area contributed by atoms with Gasteiger partial charge >= 0.3 is 0 Å². The number of aryl methyl sites for hydroxylation is 1. The number of nitrogens with zero attached hydrogens (tertiary/aromatic N) is 1. The quantitative estimate of drug-likeness (QED) is 0.0896. The van der Waals surface area contributed by atoms with Gasteiger partial charge in [0.2, 0.25) is 5.51 Å². The van der Waals surface area contributed by atoms with E-state index in [1.807, 2.05) is 24.3 Å². The van der Waals surface area contributed by atoms with Crippen molar-refractivity contribution < 1.29 is 40.6 Å². The molecule has 0 saturated carbocycles. The third-order valence-electron chi connectivity index (χ3n) is 7.26. The minimum absolute atomic E-state index is 0. The summed E-state index contributed by atoms with van der Waals surface area (Å²) in [5.41, 5.74) is 4.37. The van der Waals surface area contributed by atoms with Crippen LogP contribution in [0.3, 0.4) is 0 Å². The van der Waals surface area contributed by atoms with E-state index < -0.39 is 0 Å². The first-order valence-electron chi connectivity index (χ1n) is 15.7. The van der Waals surface area contributed by atoms with E-state index in [1.54, 1.807) is 29.5 Å². The number of hydrogen-bond donors (Lipinski definition) is 1. The highest BCUT2D eigenvalue weighted by Gasteiger charge is 2.16. The van der Waals surface area contributed by atoms with Crippen LogP contribution in [-0.4, -0.2) is 24.9 Å². The zero-order valence-corrected chi connectivity index (χ0v) is 28.6. The van der Waals surface area contributed by atoms with Gasteiger partial charge in [0.05, 0.1) is 17.0 Å². The molecular weight excluding hydrogens is 624 g/mol. The van der Waals surface area contributed by atoms with Gasteiger partial charge in [-0.1, -0.05) is 107 Å². The van der Waals surface area contributed by atoms with Gasteiger partial charge in [0.25, 0.3) is 5.91 Å². The Labute approximate surface area is 273 Å². The predicted molar refractivity (Wildman–Crippen MR) is 172 cm³/mol. The fourth-order valence-electron chi connectivity index (χ4n) is 5.00. The van der Waals surface area contributed by atoms with Crippen LogP contribution in [0.2, 0.25) is 0 Å². The second kappa shape index (κ2) is 21.1. The number of carbonyl (C=O) groups is 2. The second-order valence-electron chi connectivity index (χ2n) is 11.1. The first kappa shape index (κ1) is 36.5. The van der Waals surface area contributed by atoms with Crippen LogP contribution < -0.4 is 36.3 Å². The van der Waals surface area contributed by atoms with Crippen LogP contribution in [0, 0.1) is 6.92 Å². The molecule has 0 saturated heterocycles. The van der Waals surface area contributed by atoms with Crippen molar-refractivity contribution in [1.29, 1.82) is 0 Å². The van der Waals surface area contributed by atoms with Gasteiger partial charge in [0, 0.05) is 11.3 Å². The number of amides is 1. The fraction of sp³-hybridized carbons (Fsp3) is 0.514. The third kappa shape index (κ3) is 14.1. The Morgan fingerprint density at radius 3 is 2.14 bits per heavy atom. The van der Waals surface area contributed by atoms with Crippen LogP contribution in [0.1, 0.15) is 112 Å². The van der Waals surface area contributed by atoms with Crippen LogP contribution in [0.15, 0.2) is 54.2 Å². The lowest BCUT2D eigenvalue weighted by atomic mass is 10.1. The molecule has 6 nitrogen and oxygen atoms in total. The summed E-state index contributed by atoms with van der Waals surface area (Å²) in [5.74, 6) is 0.470. The number of anilines is 1. The van der Waals surface area contributed by atoms with Crippen molar-refractivity contribution >= 4 is 28.7 Å². The highest BCUT2D eigenvalue weighted by molar-refractivity contribution is 7.09. The van der Waals surface area contributed by atoms with Gasteiger partial charge in [-0.25, -0.2) is 0 Å². The van der Waals surface area contributed by atoms with E-state index in [1.165, 1.54) is 76.0 Å². The lowest BCUT2D eigenvalue weighted by Gasteiger charge is -2.15. The molecule has 0 aliphatic heterocycles. The predicted octanol–water partition coefficient (Wildman–Crippen LogP) is 5.70. The van der Waals surface area contributed by atoms with Gasteiger partial charge in [-0.15, -0.1) is 0 Å². The summed E-state index contributed by atoms with van der Waals surface area (Å²) in [6, 6.07) is 13.1. The Hall–Kier alpha value is -2.71. The highest BCUT2D eigenvalue weighted by Crippen LogP contribution is 2.32. The number of halogens is 1. The van der Waals surface area contributed by atoms with Gasteiger partial charge in [0.15, 0.2) is 36.6 Å². The summed E-state index contributed by atoms with van der Waals surface area (Å²) in [6.07, 6.45) is 17.4. The zero-order chi connectivity index (χ0) is 30.0. The first-order valence-corrected chi connectivity index (χ1v) is 16.6. The van der Waals surface area contributed by atoms with Crippen molar-refractivity contribution in [3.8, 4) is 11.5 Å². The van der Waals surface area contributed by atoms with Crippen LogP contribution >= 0.6 is 11.3 Å². The zero-order valence-electron chi connectivity index (χ0n) is 26.2. The SMILES string of the molecule is CCCCCCCCCCCCCCOc1c(OCC(=O)Nc2cccc(C[n+]3csc(C)c3)c2)cccc1C(C)=O.[Br-]. The Kier molecular flexibility index (Phi) is 17.9. The molecule has 43 heavy (non-hydrogen) atoms. The van der Waals surface area contributed by atoms with Crippen molar-refractivity contribution in [3.63, 3.8) is 0 Å². The van der Waals surface area contributed by atoms with Crippen molar-refractivity contribution in [2.45, 2.75) is 104 Å². The average molecular weight is 674 g/mol. The molecule has 1 aromatic heterocycles. The number of ketones is 1. The van der Waals surface area contributed by atoms with E-state index in [0.29, 0.717) is 23.7 Å². The van der Waals surface area contributed by atoms with Crippen molar-refractivity contribution in [1.82, 2.24) is 0 Å². The summed E-state index contributed by atoms with van der Waals surface area (Å²) in [7, 11) is 0. The number of para-hydroxylation sites is 1.